The van der Waals surface area contributed by atoms with Gasteiger partial charge in [-0.1, -0.05) is 32.0 Å². The molecule has 0 radical (unpaired) electrons. The van der Waals surface area contributed by atoms with Gasteiger partial charge in [-0.05, 0) is 44.2 Å². The van der Waals surface area contributed by atoms with Crippen LogP contribution in [-0.2, 0) is 10.0 Å². The monoisotopic (exact) mass is 552 g/mol. The Hall–Kier alpha value is -1.07. The predicted molar refractivity (Wildman–Crippen MR) is 135 cm³/mol. The van der Waals surface area contributed by atoms with Crippen LogP contribution in [0.3, 0.4) is 0 Å². The lowest BCUT2D eigenvalue weighted by Gasteiger charge is -2.32. The third-order valence-corrected chi connectivity index (χ3v) is 6.94. The molecule has 30 heavy (non-hydrogen) atoms. The number of benzene rings is 1. The molecule has 1 fully saturated rings. The smallest absolute Gasteiger partial charge is 0.213 e. The maximum absolute atomic E-state index is 12.0. The van der Waals surface area contributed by atoms with E-state index < -0.39 is 10.0 Å². The van der Waals surface area contributed by atoms with Gasteiger partial charge in [0.2, 0.25) is 10.0 Å². The Morgan fingerprint density at radius 1 is 1.23 bits per heavy atom. The number of aliphatic imine (C=N–C) groups is 1. The summed E-state index contributed by atoms with van der Waals surface area (Å²) in [6, 6.07) is 8.34. The zero-order valence-corrected chi connectivity index (χ0v) is 21.7. The van der Waals surface area contributed by atoms with Crippen molar-refractivity contribution in [1.82, 2.24) is 14.9 Å². The first-order valence-corrected chi connectivity index (χ1v) is 12.2. The van der Waals surface area contributed by atoms with Crippen molar-refractivity contribution in [1.29, 1.82) is 0 Å². The number of rotatable bonds is 9. The van der Waals surface area contributed by atoms with Crippen molar-refractivity contribution in [3.05, 3.63) is 29.8 Å². The molecule has 2 N–H and O–H groups in total. The maximum Gasteiger partial charge on any atom is 0.213 e. The van der Waals surface area contributed by atoms with E-state index in [9.17, 15) is 8.42 Å². The van der Waals surface area contributed by atoms with Gasteiger partial charge in [0.1, 0.15) is 12.4 Å². The van der Waals surface area contributed by atoms with Gasteiger partial charge < -0.3 is 15.4 Å². The molecule has 0 atom stereocenters. The second-order valence-corrected chi connectivity index (χ2v) is 9.78. The molecule has 0 unspecified atom stereocenters. The van der Waals surface area contributed by atoms with E-state index in [4.69, 9.17) is 4.74 Å². The summed E-state index contributed by atoms with van der Waals surface area (Å²) in [5.41, 5.74) is 1.20. The minimum Gasteiger partial charge on any atom is -0.491 e. The molecular weight excluding hydrogens is 515 g/mol. The van der Waals surface area contributed by atoms with Gasteiger partial charge in [-0.15, -0.1) is 24.0 Å². The molecule has 1 aliphatic rings. The number of ether oxygens (including phenoxy) is 1. The first kappa shape index (κ1) is 27.0. The average Bonchev–Trinajstić information content (AvgIpc) is 2.72. The van der Waals surface area contributed by atoms with E-state index in [1.165, 1.54) is 5.56 Å². The Labute approximate surface area is 199 Å². The summed E-state index contributed by atoms with van der Waals surface area (Å²) >= 11 is 0. The number of nitrogens with zero attached hydrogens (tertiary/aromatic N) is 2. The Kier molecular flexibility index (Phi) is 12.0. The maximum atomic E-state index is 12.0. The van der Waals surface area contributed by atoms with Crippen LogP contribution in [0.1, 0.15) is 52.0 Å². The minimum atomic E-state index is -3.09. The van der Waals surface area contributed by atoms with Crippen LogP contribution in [-0.4, -0.2) is 63.3 Å². The SMILES string of the molecule is CCNC(=NCCOc1ccccc1C(C)C)NC1CCN(S(=O)(=O)CC)CC1.I. The summed E-state index contributed by atoms with van der Waals surface area (Å²) in [4.78, 5) is 4.62. The Bertz CT molecular complexity index is 763. The fourth-order valence-corrected chi connectivity index (χ4v) is 4.51. The number of sulfonamides is 1. The summed E-state index contributed by atoms with van der Waals surface area (Å²) in [5.74, 6) is 2.25. The van der Waals surface area contributed by atoms with Crippen LogP contribution < -0.4 is 15.4 Å². The third-order valence-electron chi connectivity index (χ3n) is 5.06. The minimum absolute atomic E-state index is 0. The van der Waals surface area contributed by atoms with Crippen molar-refractivity contribution in [2.45, 2.75) is 52.5 Å². The summed E-state index contributed by atoms with van der Waals surface area (Å²) < 4.78 is 31.5. The van der Waals surface area contributed by atoms with Crippen LogP contribution in [0.15, 0.2) is 29.3 Å². The molecular formula is C21H37IN4O3S. The number of hydrogen-bond donors (Lipinski definition) is 2. The predicted octanol–water partition coefficient (Wildman–Crippen LogP) is 3.18. The van der Waals surface area contributed by atoms with Gasteiger partial charge in [-0.2, -0.15) is 0 Å². The lowest BCUT2D eigenvalue weighted by atomic mass is 10.0. The molecule has 1 aromatic rings. The first-order valence-electron chi connectivity index (χ1n) is 10.6. The number of hydrogen-bond acceptors (Lipinski definition) is 4. The van der Waals surface area contributed by atoms with Crippen LogP contribution in [0.25, 0.3) is 0 Å². The van der Waals surface area contributed by atoms with Crippen LogP contribution >= 0.6 is 24.0 Å². The molecule has 0 aromatic heterocycles. The quantitative estimate of drug-likeness (QED) is 0.213. The zero-order valence-electron chi connectivity index (χ0n) is 18.6. The first-order chi connectivity index (χ1) is 13.9. The largest absolute Gasteiger partial charge is 0.491 e. The number of piperidine rings is 1. The van der Waals surface area contributed by atoms with Gasteiger partial charge in [0.05, 0.1) is 12.3 Å². The van der Waals surface area contributed by atoms with Crippen LogP contribution in [0, 0.1) is 0 Å². The van der Waals surface area contributed by atoms with Crippen LogP contribution in [0.5, 0.6) is 5.75 Å². The van der Waals surface area contributed by atoms with Gasteiger partial charge in [-0.25, -0.2) is 17.7 Å². The van der Waals surface area contributed by atoms with Crippen molar-refractivity contribution in [3.8, 4) is 5.75 Å². The highest BCUT2D eigenvalue weighted by Crippen LogP contribution is 2.25. The van der Waals surface area contributed by atoms with Gasteiger partial charge >= 0.3 is 0 Å². The topological polar surface area (TPSA) is 83.0 Å². The van der Waals surface area contributed by atoms with E-state index in [-0.39, 0.29) is 35.8 Å². The Balaban J connectivity index is 0.00000450. The summed E-state index contributed by atoms with van der Waals surface area (Å²) in [6.07, 6.45) is 1.56. The normalized spacial score (nSPS) is 16.2. The lowest BCUT2D eigenvalue weighted by Crippen LogP contribution is -2.50. The lowest BCUT2D eigenvalue weighted by molar-refractivity contribution is 0.305. The van der Waals surface area contributed by atoms with E-state index in [0.29, 0.717) is 32.2 Å². The average molecular weight is 553 g/mol. The van der Waals surface area contributed by atoms with Gasteiger partial charge in [-0.3, -0.25) is 0 Å². The molecule has 0 amide bonds. The summed E-state index contributed by atoms with van der Waals surface area (Å²) in [5, 5.41) is 6.70. The van der Waals surface area contributed by atoms with Crippen molar-refractivity contribution < 1.29 is 13.2 Å². The molecule has 0 spiro atoms. The van der Waals surface area contributed by atoms with Crippen molar-refractivity contribution >= 4 is 40.0 Å². The fourth-order valence-electron chi connectivity index (χ4n) is 3.38. The number of para-hydroxylation sites is 1. The van der Waals surface area contributed by atoms with Gasteiger partial charge in [0.25, 0.3) is 0 Å². The Morgan fingerprint density at radius 2 is 1.90 bits per heavy atom. The highest BCUT2D eigenvalue weighted by Gasteiger charge is 2.26. The molecule has 1 heterocycles. The Morgan fingerprint density at radius 3 is 2.50 bits per heavy atom. The number of guanidine groups is 1. The van der Waals surface area contributed by atoms with Crippen molar-refractivity contribution in [2.24, 2.45) is 4.99 Å². The highest BCUT2D eigenvalue weighted by atomic mass is 127. The van der Waals surface area contributed by atoms with Crippen LogP contribution in [0.4, 0.5) is 0 Å². The van der Waals surface area contributed by atoms with E-state index in [1.54, 1.807) is 11.2 Å². The molecule has 2 rings (SSSR count). The molecule has 1 aliphatic heterocycles. The molecule has 1 saturated heterocycles. The van der Waals surface area contributed by atoms with E-state index in [0.717, 1.165) is 31.1 Å². The molecule has 0 saturated carbocycles. The summed E-state index contributed by atoms with van der Waals surface area (Å²) in [6.45, 7) is 11.0. The van der Waals surface area contributed by atoms with Crippen molar-refractivity contribution in [2.75, 3.05) is 38.5 Å². The third kappa shape index (κ3) is 8.22. The van der Waals surface area contributed by atoms with Gasteiger partial charge in [0.15, 0.2) is 5.96 Å². The van der Waals surface area contributed by atoms with E-state index in [2.05, 4.69) is 35.5 Å². The molecule has 7 nitrogen and oxygen atoms in total. The van der Waals surface area contributed by atoms with E-state index in [1.807, 2.05) is 25.1 Å². The number of halogens is 1. The van der Waals surface area contributed by atoms with E-state index >= 15 is 0 Å². The molecule has 0 bridgehead atoms. The zero-order chi connectivity index (χ0) is 21.3. The van der Waals surface area contributed by atoms with Crippen molar-refractivity contribution in [3.63, 3.8) is 0 Å². The second-order valence-electron chi connectivity index (χ2n) is 7.52. The van der Waals surface area contributed by atoms with Gasteiger partial charge in [0, 0.05) is 25.7 Å². The fraction of sp³-hybridized carbons (Fsp3) is 0.667. The van der Waals surface area contributed by atoms with Crippen LogP contribution in [0.2, 0.25) is 0 Å². The second kappa shape index (κ2) is 13.4. The molecule has 1 aromatic carbocycles. The highest BCUT2D eigenvalue weighted by molar-refractivity contribution is 14.0. The summed E-state index contributed by atoms with van der Waals surface area (Å²) in [7, 11) is -3.09. The molecule has 172 valence electrons. The molecule has 0 aliphatic carbocycles. The number of nitrogens with one attached hydrogen (secondary N) is 2. The molecule has 9 heteroatoms. The standard InChI is InChI=1S/C21H36N4O3S.HI/c1-5-22-21(24-18-11-14-25(15-12-18)29(26,27)6-2)23-13-16-28-20-10-8-7-9-19(20)17(3)4;/h7-10,17-18H,5-6,11-16H2,1-4H3,(H2,22,23,24);1H.